The van der Waals surface area contributed by atoms with E-state index in [0.717, 1.165) is 12.3 Å². The summed E-state index contributed by atoms with van der Waals surface area (Å²) >= 11 is 0. The molecular weight excluding hydrogens is 119 g/mol. The molecule has 0 bridgehead atoms. The highest BCUT2D eigenvalue weighted by Gasteiger charge is 1.89. The number of allylic oxidation sites excluding steroid dienone is 2. The van der Waals surface area contributed by atoms with E-state index < -0.39 is 5.97 Å². The van der Waals surface area contributed by atoms with Crippen LogP contribution in [-0.4, -0.2) is 12.2 Å². The van der Waals surface area contributed by atoms with Gasteiger partial charge in [0.05, 0.1) is 0 Å². The summed E-state index contributed by atoms with van der Waals surface area (Å²) in [5.41, 5.74) is 0.530. The first-order valence-electron chi connectivity index (χ1n) is 2.65. The van der Waals surface area contributed by atoms with Gasteiger partial charge in [-0.3, -0.25) is 5.41 Å². The summed E-state index contributed by atoms with van der Waals surface area (Å²) in [4.78, 5) is 0. The molecule has 0 amide bonds. The zero-order valence-corrected chi connectivity index (χ0v) is 5.24. The van der Waals surface area contributed by atoms with E-state index in [4.69, 9.17) is 10.8 Å². The Bertz CT molecular complexity index is 149. The third-order valence-electron chi connectivity index (χ3n) is 0.906. The van der Waals surface area contributed by atoms with Crippen LogP contribution in [0.3, 0.4) is 0 Å². The highest BCUT2D eigenvalue weighted by molar-refractivity contribution is 5.91. The van der Waals surface area contributed by atoms with E-state index in [-0.39, 0.29) is 0 Å². The molecule has 9 heavy (non-hydrogen) atoms. The average Bonchev–Trinajstić information content (AvgIpc) is 1.82. The molecule has 0 spiro atoms. The largest absolute Gasteiger partial charge is 0.308 e. The average molecular weight is 128 g/mol. The molecule has 3 heteroatoms. The minimum atomic E-state index is -0.990. The number of hydrogen-bond donors (Lipinski definition) is 2. The summed E-state index contributed by atoms with van der Waals surface area (Å²) in [6.07, 6.45) is 2.68. The predicted molar refractivity (Wildman–Crippen MR) is 36.0 cm³/mol. The van der Waals surface area contributed by atoms with Gasteiger partial charge in [-0.2, -0.15) is 4.39 Å². The Morgan fingerprint density at radius 2 is 2.22 bits per heavy atom. The molecule has 2 N–H and O–H groups in total. The van der Waals surface area contributed by atoms with Crippen molar-refractivity contribution >= 4 is 12.2 Å². The second-order valence-corrected chi connectivity index (χ2v) is 1.57. The van der Waals surface area contributed by atoms with Crippen molar-refractivity contribution < 1.29 is 4.39 Å². The Hall–Kier alpha value is -0.990. The quantitative estimate of drug-likeness (QED) is 0.545. The van der Waals surface area contributed by atoms with E-state index in [0.29, 0.717) is 12.0 Å². The molecule has 0 radical (unpaired) electrons. The highest BCUT2D eigenvalue weighted by Crippen LogP contribution is 1.95. The second-order valence-electron chi connectivity index (χ2n) is 1.57. The van der Waals surface area contributed by atoms with Crippen LogP contribution in [0.5, 0.6) is 0 Å². The number of nitrogens with one attached hydrogen (secondary N) is 2. The summed E-state index contributed by atoms with van der Waals surface area (Å²) in [5.74, 6) is -0.990. The second kappa shape index (κ2) is 3.95. The van der Waals surface area contributed by atoms with Crippen LogP contribution in [0.15, 0.2) is 11.6 Å². The van der Waals surface area contributed by atoms with E-state index in [1.807, 2.05) is 0 Å². The Labute approximate surface area is 53.4 Å². The molecule has 0 unspecified atom stereocenters. The Kier molecular flexibility index (Phi) is 3.51. The maximum atomic E-state index is 11.7. The number of rotatable bonds is 3. The van der Waals surface area contributed by atoms with Crippen molar-refractivity contribution in [3.05, 3.63) is 11.6 Å². The maximum absolute atomic E-state index is 11.7. The summed E-state index contributed by atoms with van der Waals surface area (Å²) in [6.45, 7) is 1.81. The van der Waals surface area contributed by atoms with Gasteiger partial charge in [0, 0.05) is 6.21 Å². The van der Waals surface area contributed by atoms with Gasteiger partial charge in [-0.25, -0.2) is 0 Å². The zero-order valence-electron chi connectivity index (χ0n) is 5.24. The predicted octanol–water partition coefficient (Wildman–Crippen LogP) is 1.92. The monoisotopic (exact) mass is 128 g/mol. The normalized spacial score (nSPS) is 11.1. The van der Waals surface area contributed by atoms with Crippen molar-refractivity contribution in [2.24, 2.45) is 0 Å². The fourth-order valence-corrected chi connectivity index (χ4v) is 0.409. The molecule has 0 aliphatic rings. The molecule has 0 aromatic heterocycles. The molecular formula is C6H9FN2. The third kappa shape index (κ3) is 3.58. The fourth-order valence-electron chi connectivity index (χ4n) is 0.409. The molecule has 0 saturated carbocycles. The molecule has 0 rings (SSSR count). The van der Waals surface area contributed by atoms with Gasteiger partial charge in [-0.1, -0.05) is 6.92 Å². The van der Waals surface area contributed by atoms with Crippen LogP contribution in [-0.2, 0) is 0 Å². The van der Waals surface area contributed by atoms with Crippen LogP contribution in [0.2, 0.25) is 0 Å². The van der Waals surface area contributed by atoms with Crippen LogP contribution in [0.1, 0.15) is 13.3 Å². The lowest BCUT2D eigenvalue weighted by molar-refractivity contribution is 0.802. The van der Waals surface area contributed by atoms with Crippen molar-refractivity contribution in [1.29, 1.82) is 10.8 Å². The molecule has 0 aromatic rings. The molecule has 0 saturated heterocycles. The molecule has 0 aromatic carbocycles. The fraction of sp³-hybridized carbons (Fsp3) is 0.333. The van der Waals surface area contributed by atoms with Gasteiger partial charge < -0.3 is 5.41 Å². The molecule has 50 valence electrons. The van der Waals surface area contributed by atoms with E-state index in [9.17, 15) is 4.39 Å². The van der Waals surface area contributed by atoms with Crippen molar-refractivity contribution in [1.82, 2.24) is 0 Å². The van der Waals surface area contributed by atoms with Gasteiger partial charge in [-0.05, 0) is 18.1 Å². The lowest BCUT2D eigenvalue weighted by Crippen LogP contribution is -1.85. The van der Waals surface area contributed by atoms with Gasteiger partial charge in [-0.15, -0.1) is 0 Å². The van der Waals surface area contributed by atoms with E-state index in [1.165, 1.54) is 0 Å². The van der Waals surface area contributed by atoms with Crippen molar-refractivity contribution in [2.45, 2.75) is 13.3 Å². The van der Waals surface area contributed by atoms with Gasteiger partial charge in [0.25, 0.3) is 0 Å². The molecule has 0 aliphatic carbocycles. The van der Waals surface area contributed by atoms with Gasteiger partial charge in [0.2, 0.25) is 5.97 Å². The molecule has 2 nitrogen and oxygen atoms in total. The first-order valence-corrected chi connectivity index (χ1v) is 2.65. The Morgan fingerprint density at radius 3 is 2.33 bits per heavy atom. The minimum Gasteiger partial charge on any atom is -0.308 e. The molecule has 0 heterocycles. The van der Waals surface area contributed by atoms with E-state index in [2.05, 4.69) is 0 Å². The topological polar surface area (TPSA) is 47.7 Å². The standard InChI is InChI=1S/C6H9FN2/c1-2-5(4-8)3-6(7)9/h3-4,8-9H,2H2,1H3/b5-3-,8-4?,9-6?. The zero-order chi connectivity index (χ0) is 7.28. The SMILES string of the molecule is CC/C(C=N)=C/C(=N)F. The number of halogens is 1. The smallest absolute Gasteiger partial charge is 0.205 e. The molecule has 0 aliphatic heterocycles. The summed E-state index contributed by atoms with van der Waals surface area (Å²) in [7, 11) is 0. The van der Waals surface area contributed by atoms with Gasteiger partial charge in [0.1, 0.15) is 0 Å². The Balaban J connectivity index is 4.07. The Morgan fingerprint density at radius 1 is 1.67 bits per heavy atom. The lowest BCUT2D eigenvalue weighted by Gasteiger charge is -1.89. The van der Waals surface area contributed by atoms with E-state index >= 15 is 0 Å². The van der Waals surface area contributed by atoms with Crippen LogP contribution >= 0.6 is 0 Å². The molecule has 0 atom stereocenters. The van der Waals surface area contributed by atoms with Crippen molar-refractivity contribution in [3.63, 3.8) is 0 Å². The third-order valence-corrected chi connectivity index (χ3v) is 0.906. The van der Waals surface area contributed by atoms with Crippen LogP contribution in [0.4, 0.5) is 4.39 Å². The van der Waals surface area contributed by atoms with Crippen LogP contribution < -0.4 is 0 Å². The molecule has 0 fully saturated rings. The lowest BCUT2D eigenvalue weighted by atomic mass is 10.2. The summed E-state index contributed by atoms with van der Waals surface area (Å²) in [6, 6.07) is 0. The first-order chi connectivity index (χ1) is 4.20. The van der Waals surface area contributed by atoms with Gasteiger partial charge >= 0.3 is 0 Å². The summed E-state index contributed by atoms with van der Waals surface area (Å²) < 4.78 is 11.7. The van der Waals surface area contributed by atoms with Crippen molar-refractivity contribution in [2.75, 3.05) is 0 Å². The van der Waals surface area contributed by atoms with E-state index in [1.54, 1.807) is 6.92 Å². The first kappa shape index (κ1) is 8.01. The van der Waals surface area contributed by atoms with Crippen molar-refractivity contribution in [3.8, 4) is 0 Å². The van der Waals surface area contributed by atoms with Crippen LogP contribution in [0, 0.1) is 10.8 Å². The highest BCUT2D eigenvalue weighted by atomic mass is 19.1. The van der Waals surface area contributed by atoms with Gasteiger partial charge in [0.15, 0.2) is 0 Å². The van der Waals surface area contributed by atoms with Crippen LogP contribution in [0.25, 0.3) is 0 Å². The minimum absolute atomic E-state index is 0.530. The summed E-state index contributed by atoms with van der Waals surface area (Å²) in [5, 5.41) is 13.1. The maximum Gasteiger partial charge on any atom is 0.205 e. The number of hydrogen-bond acceptors (Lipinski definition) is 2.